The monoisotopic (exact) mass is 449 g/mol. The Morgan fingerprint density at radius 1 is 0.677 bits per heavy atom. The second kappa shape index (κ2) is 11.8. The lowest BCUT2D eigenvalue weighted by Crippen LogP contribution is -2.25. The standard InChI is InChI=1S/C26H31N3S2/c1-3-5-17-27-25(30)23-21(19-13-9-7-10-14-19)22(20-15-11-8-12-16-20)24(29-23)26(31)28-18-6-4-2/h7-16,29H,3-6,17-18H2,1-2H3,(H,27,30)(H,28,31). The summed E-state index contributed by atoms with van der Waals surface area (Å²) in [7, 11) is 0. The Balaban J connectivity index is 2.16. The van der Waals surface area contributed by atoms with Crippen LogP contribution in [0, 0.1) is 0 Å². The number of unbranched alkanes of at least 4 members (excludes halogenated alkanes) is 2. The van der Waals surface area contributed by atoms with E-state index in [1.54, 1.807) is 0 Å². The largest absolute Gasteiger partial charge is 0.375 e. The highest BCUT2D eigenvalue weighted by molar-refractivity contribution is 7.81. The molecule has 0 bridgehead atoms. The molecule has 0 radical (unpaired) electrons. The average molecular weight is 450 g/mol. The van der Waals surface area contributed by atoms with Crippen molar-refractivity contribution in [3.05, 3.63) is 72.1 Å². The van der Waals surface area contributed by atoms with Crippen LogP contribution in [0.3, 0.4) is 0 Å². The van der Waals surface area contributed by atoms with E-state index in [2.05, 4.69) is 78.0 Å². The molecule has 0 saturated carbocycles. The SMILES string of the molecule is CCCCNC(=S)c1[nH]c(C(=S)NCCCC)c(-c2ccccc2)c1-c1ccccc1. The third kappa shape index (κ3) is 5.81. The van der Waals surface area contributed by atoms with Crippen molar-refractivity contribution in [2.24, 2.45) is 0 Å². The zero-order valence-corrected chi connectivity index (χ0v) is 20.0. The molecular weight excluding hydrogens is 418 g/mol. The Morgan fingerprint density at radius 2 is 1.06 bits per heavy atom. The fraction of sp³-hybridized carbons (Fsp3) is 0.308. The summed E-state index contributed by atoms with van der Waals surface area (Å²) in [6, 6.07) is 20.8. The summed E-state index contributed by atoms with van der Waals surface area (Å²) in [5.41, 5.74) is 6.27. The van der Waals surface area contributed by atoms with E-state index in [1.165, 1.54) is 0 Å². The molecule has 0 amide bonds. The van der Waals surface area contributed by atoms with Crippen molar-refractivity contribution >= 4 is 34.4 Å². The number of benzene rings is 2. The molecule has 0 aliphatic carbocycles. The maximum atomic E-state index is 5.83. The van der Waals surface area contributed by atoms with Crippen molar-refractivity contribution in [3.8, 4) is 22.3 Å². The van der Waals surface area contributed by atoms with Crippen LogP contribution >= 0.6 is 24.4 Å². The summed E-state index contributed by atoms with van der Waals surface area (Å²) < 4.78 is 0. The summed E-state index contributed by atoms with van der Waals surface area (Å²) in [5, 5.41) is 6.86. The average Bonchev–Trinajstić information content (AvgIpc) is 3.21. The maximum Gasteiger partial charge on any atom is 0.123 e. The fourth-order valence-corrected chi connectivity index (χ4v) is 4.07. The van der Waals surface area contributed by atoms with Gasteiger partial charge in [-0.1, -0.05) is 112 Å². The van der Waals surface area contributed by atoms with Crippen molar-refractivity contribution in [1.82, 2.24) is 15.6 Å². The highest BCUT2D eigenvalue weighted by atomic mass is 32.1. The highest BCUT2D eigenvalue weighted by Gasteiger charge is 2.24. The second-order valence-corrected chi connectivity index (χ2v) is 8.39. The van der Waals surface area contributed by atoms with E-state index in [9.17, 15) is 0 Å². The molecule has 3 nitrogen and oxygen atoms in total. The summed E-state index contributed by atoms with van der Waals surface area (Å²) in [6.07, 6.45) is 4.41. The number of hydrogen-bond acceptors (Lipinski definition) is 2. The molecule has 1 aromatic heterocycles. The third-order valence-corrected chi connectivity index (χ3v) is 5.91. The Hall–Kier alpha value is -2.50. The molecule has 0 spiro atoms. The first kappa shape index (κ1) is 23.2. The molecule has 3 N–H and O–H groups in total. The third-order valence-electron chi connectivity index (χ3n) is 5.21. The van der Waals surface area contributed by atoms with Gasteiger partial charge in [0.05, 0.1) is 11.4 Å². The lowest BCUT2D eigenvalue weighted by Gasteiger charge is -2.12. The second-order valence-electron chi connectivity index (χ2n) is 7.58. The number of nitrogens with one attached hydrogen (secondary N) is 3. The minimum absolute atomic E-state index is 0.729. The van der Waals surface area contributed by atoms with Gasteiger partial charge < -0.3 is 15.6 Å². The molecule has 0 aliphatic heterocycles. The van der Waals surface area contributed by atoms with Crippen LogP contribution in [-0.4, -0.2) is 28.1 Å². The lowest BCUT2D eigenvalue weighted by atomic mass is 9.94. The van der Waals surface area contributed by atoms with E-state index < -0.39 is 0 Å². The molecule has 1 heterocycles. The molecule has 3 aromatic rings. The summed E-state index contributed by atoms with van der Waals surface area (Å²) in [5.74, 6) is 0. The van der Waals surface area contributed by atoms with Gasteiger partial charge in [0.1, 0.15) is 9.98 Å². The molecule has 162 valence electrons. The van der Waals surface area contributed by atoms with Gasteiger partial charge in [0.15, 0.2) is 0 Å². The van der Waals surface area contributed by atoms with Gasteiger partial charge in [-0.2, -0.15) is 0 Å². The summed E-state index contributed by atoms with van der Waals surface area (Å²) >= 11 is 11.7. The van der Waals surface area contributed by atoms with Gasteiger partial charge in [0.25, 0.3) is 0 Å². The van der Waals surface area contributed by atoms with Crippen LogP contribution in [0.4, 0.5) is 0 Å². The molecule has 5 heteroatoms. The van der Waals surface area contributed by atoms with Gasteiger partial charge in [-0.3, -0.25) is 0 Å². The molecule has 2 aromatic carbocycles. The number of aromatic amines is 1. The van der Waals surface area contributed by atoms with Gasteiger partial charge in [0, 0.05) is 24.2 Å². The summed E-state index contributed by atoms with van der Waals surface area (Å²) in [4.78, 5) is 5.05. The molecule has 31 heavy (non-hydrogen) atoms. The predicted octanol–water partition coefficient (Wildman–Crippen LogP) is 6.48. The zero-order valence-electron chi connectivity index (χ0n) is 18.3. The van der Waals surface area contributed by atoms with E-state index in [1.807, 2.05) is 12.1 Å². The molecule has 3 rings (SSSR count). The Kier molecular flexibility index (Phi) is 8.80. The smallest absolute Gasteiger partial charge is 0.123 e. The first-order valence-electron chi connectivity index (χ1n) is 11.1. The predicted molar refractivity (Wildman–Crippen MR) is 141 cm³/mol. The van der Waals surface area contributed by atoms with Crippen molar-refractivity contribution in [2.75, 3.05) is 13.1 Å². The molecule has 0 saturated heterocycles. The fourth-order valence-electron chi connectivity index (χ4n) is 3.56. The number of hydrogen-bond donors (Lipinski definition) is 3. The van der Waals surface area contributed by atoms with Gasteiger partial charge in [-0.15, -0.1) is 0 Å². The first-order valence-corrected chi connectivity index (χ1v) is 11.9. The van der Waals surface area contributed by atoms with E-state index in [4.69, 9.17) is 24.4 Å². The Bertz CT molecular complexity index is 914. The maximum absolute atomic E-state index is 5.83. The van der Waals surface area contributed by atoms with E-state index in [-0.39, 0.29) is 0 Å². The van der Waals surface area contributed by atoms with Crippen LogP contribution in [0.5, 0.6) is 0 Å². The van der Waals surface area contributed by atoms with Crippen molar-refractivity contribution in [2.45, 2.75) is 39.5 Å². The number of H-pyrrole nitrogens is 1. The van der Waals surface area contributed by atoms with Gasteiger partial charge >= 0.3 is 0 Å². The van der Waals surface area contributed by atoms with Gasteiger partial charge in [-0.05, 0) is 24.0 Å². The highest BCUT2D eigenvalue weighted by Crippen LogP contribution is 2.38. The van der Waals surface area contributed by atoms with Crippen LogP contribution in [0.2, 0.25) is 0 Å². The van der Waals surface area contributed by atoms with E-state index in [0.717, 1.165) is 82.4 Å². The molecule has 0 fully saturated rings. The Morgan fingerprint density at radius 3 is 1.42 bits per heavy atom. The zero-order chi connectivity index (χ0) is 22.1. The van der Waals surface area contributed by atoms with Crippen LogP contribution < -0.4 is 10.6 Å². The van der Waals surface area contributed by atoms with Crippen LogP contribution in [0.15, 0.2) is 60.7 Å². The minimum atomic E-state index is 0.729. The van der Waals surface area contributed by atoms with Crippen molar-refractivity contribution < 1.29 is 0 Å². The molecule has 0 unspecified atom stereocenters. The quantitative estimate of drug-likeness (QED) is 0.245. The van der Waals surface area contributed by atoms with Crippen LogP contribution in [0.1, 0.15) is 50.9 Å². The van der Waals surface area contributed by atoms with Gasteiger partial charge in [0.2, 0.25) is 0 Å². The summed E-state index contributed by atoms with van der Waals surface area (Å²) in [6.45, 7) is 6.08. The van der Waals surface area contributed by atoms with Crippen molar-refractivity contribution in [3.63, 3.8) is 0 Å². The number of aromatic nitrogens is 1. The number of thiocarbonyl (C=S) groups is 2. The molecule has 0 aliphatic rings. The van der Waals surface area contributed by atoms with E-state index in [0.29, 0.717) is 0 Å². The topological polar surface area (TPSA) is 39.9 Å². The normalized spacial score (nSPS) is 10.6. The van der Waals surface area contributed by atoms with Crippen LogP contribution in [-0.2, 0) is 0 Å². The van der Waals surface area contributed by atoms with E-state index >= 15 is 0 Å². The minimum Gasteiger partial charge on any atom is -0.375 e. The Labute approximate surface area is 196 Å². The molecule has 0 atom stereocenters. The van der Waals surface area contributed by atoms with Gasteiger partial charge in [-0.25, -0.2) is 0 Å². The number of rotatable bonds is 10. The first-order chi connectivity index (χ1) is 15.2. The van der Waals surface area contributed by atoms with Crippen LogP contribution in [0.25, 0.3) is 22.3 Å². The molecular formula is C26H31N3S2. The van der Waals surface area contributed by atoms with Crippen molar-refractivity contribution in [1.29, 1.82) is 0 Å². The lowest BCUT2D eigenvalue weighted by molar-refractivity contribution is 0.757.